The van der Waals surface area contributed by atoms with Crippen LogP contribution in [0, 0.1) is 37.6 Å². The molecule has 5 heteroatoms. The first-order valence-corrected chi connectivity index (χ1v) is 13.6. The molecular formula is C34H39FIrNO2-. The molecule has 1 aromatic heterocycles. The predicted molar refractivity (Wildman–Crippen MR) is 157 cm³/mol. The fraction of sp³-hybridized carbons (Fsp3) is 0.353. The smallest absolute Gasteiger partial charge is 0.162 e. The summed E-state index contributed by atoms with van der Waals surface area (Å²) in [6, 6.07) is 18.5. The van der Waals surface area contributed by atoms with E-state index in [2.05, 4.69) is 30.1 Å². The van der Waals surface area contributed by atoms with Crippen LogP contribution in [0.1, 0.15) is 64.5 Å². The second kappa shape index (κ2) is 15.1. The number of fused-ring (bicyclic) bond motifs is 3. The van der Waals surface area contributed by atoms with E-state index >= 15 is 0 Å². The summed E-state index contributed by atoms with van der Waals surface area (Å²) in [6.45, 7) is 12.2. The van der Waals surface area contributed by atoms with Gasteiger partial charge in [0.1, 0.15) is 5.82 Å². The molecule has 0 bridgehead atoms. The van der Waals surface area contributed by atoms with Gasteiger partial charge in [-0.25, -0.2) is 4.39 Å². The molecule has 0 fully saturated rings. The van der Waals surface area contributed by atoms with Gasteiger partial charge in [0.25, 0.3) is 0 Å². The number of rotatable bonds is 8. The van der Waals surface area contributed by atoms with Gasteiger partial charge in [-0.3, -0.25) is 4.79 Å². The molecule has 39 heavy (non-hydrogen) atoms. The minimum absolute atomic E-state index is 0. The number of ketones is 1. The van der Waals surface area contributed by atoms with Crippen molar-refractivity contribution < 1.29 is 34.4 Å². The van der Waals surface area contributed by atoms with Crippen LogP contribution in [0.15, 0.2) is 66.6 Å². The minimum atomic E-state index is -0.194. The average molecular weight is 705 g/mol. The normalized spacial score (nSPS) is 11.5. The van der Waals surface area contributed by atoms with Crippen molar-refractivity contribution in [1.29, 1.82) is 0 Å². The minimum Gasteiger partial charge on any atom is -0.512 e. The molecule has 3 aromatic carbocycles. The molecule has 4 aromatic rings. The number of aliphatic hydroxyl groups excluding tert-OH is 1. The number of aromatic nitrogens is 1. The number of aryl methyl sites for hydroxylation is 2. The van der Waals surface area contributed by atoms with E-state index < -0.39 is 0 Å². The molecule has 4 rings (SSSR count). The van der Waals surface area contributed by atoms with Crippen molar-refractivity contribution in [3.63, 3.8) is 0 Å². The van der Waals surface area contributed by atoms with Crippen LogP contribution in [-0.4, -0.2) is 15.9 Å². The van der Waals surface area contributed by atoms with Gasteiger partial charge in [-0.2, -0.15) is 0 Å². The van der Waals surface area contributed by atoms with Crippen molar-refractivity contribution in [3.05, 3.63) is 89.6 Å². The largest absolute Gasteiger partial charge is 0.512 e. The molecular weight excluding hydrogens is 666 g/mol. The number of hydrogen-bond acceptors (Lipinski definition) is 3. The van der Waals surface area contributed by atoms with E-state index in [4.69, 9.17) is 0 Å². The van der Waals surface area contributed by atoms with Gasteiger partial charge in [0, 0.05) is 49.6 Å². The molecule has 0 atom stereocenters. The van der Waals surface area contributed by atoms with E-state index in [1.807, 2.05) is 58.9 Å². The fourth-order valence-corrected chi connectivity index (χ4v) is 5.00. The second-order valence-corrected chi connectivity index (χ2v) is 9.91. The standard InChI is InChI=1S/C21H15FN.C13H24O2.Ir/c1-13-10-14(2)12-15(11-13)21-19-7-6-18-16(4-3-5-20(18)22)17(19)8-9-23-21;1-5-10(6-2)12(14)9-13(15)11(7-3)8-4;/h3-11H,1-2H3;9-11,14H,5-8H2,1-4H3;/q-1;;/b;12-9-;. The molecule has 1 N–H and O–H groups in total. The molecule has 209 valence electrons. The summed E-state index contributed by atoms with van der Waals surface area (Å²) in [6.07, 6.45) is 6.69. The zero-order valence-corrected chi connectivity index (χ0v) is 26.2. The fourth-order valence-electron chi connectivity index (χ4n) is 5.00. The number of halogens is 1. The van der Waals surface area contributed by atoms with E-state index in [0.29, 0.717) is 5.39 Å². The van der Waals surface area contributed by atoms with Gasteiger partial charge in [-0.15, -0.1) is 34.9 Å². The third kappa shape index (κ3) is 7.83. The Morgan fingerprint density at radius 3 is 2.13 bits per heavy atom. The molecule has 0 aliphatic carbocycles. The van der Waals surface area contributed by atoms with Crippen molar-refractivity contribution in [2.45, 2.75) is 67.2 Å². The van der Waals surface area contributed by atoms with Crippen LogP contribution in [0.2, 0.25) is 0 Å². The number of allylic oxidation sites excluding steroid dienone is 2. The first-order chi connectivity index (χ1) is 18.2. The van der Waals surface area contributed by atoms with Crippen molar-refractivity contribution in [3.8, 4) is 11.3 Å². The van der Waals surface area contributed by atoms with E-state index in [9.17, 15) is 14.3 Å². The Balaban J connectivity index is 0.000000294. The third-order valence-electron chi connectivity index (χ3n) is 7.24. The van der Waals surface area contributed by atoms with Gasteiger partial charge < -0.3 is 10.1 Å². The Hall–Kier alpha value is -2.88. The van der Waals surface area contributed by atoms with Crippen molar-refractivity contribution in [2.24, 2.45) is 11.8 Å². The summed E-state index contributed by atoms with van der Waals surface area (Å²) >= 11 is 0. The molecule has 0 spiro atoms. The summed E-state index contributed by atoms with van der Waals surface area (Å²) in [4.78, 5) is 16.3. The van der Waals surface area contributed by atoms with E-state index in [0.717, 1.165) is 58.7 Å². The summed E-state index contributed by atoms with van der Waals surface area (Å²) in [5.41, 5.74) is 4.14. The molecule has 0 amide bonds. The van der Waals surface area contributed by atoms with Crippen LogP contribution in [0.25, 0.3) is 32.8 Å². The van der Waals surface area contributed by atoms with Crippen LogP contribution >= 0.6 is 0 Å². The Morgan fingerprint density at radius 1 is 0.897 bits per heavy atom. The number of benzene rings is 3. The SMILES string of the molecule is CCC(CC)C(=O)/C=C(\O)C(CC)CC.Cc1[c-]c(-c2nccc3c2ccc2c(F)cccc23)cc(C)c1.[Ir]. The van der Waals surface area contributed by atoms with Crippen LogP contribution < -0.4 is 0 Å². The zero-order valence-electron chi connectivity index (χ0n) is 23.8. The maximum absolute atomic E-state index is 14.0. The van der Waals surface area contributed by atoms with Crippen molar-refractivity contribution in [1.82, 2.24) is 4.98 Å². The number of hydrogen-bond donors (Lipinski definition) is 1. The van der Waals surface area contributed by atoms with Crippen LogP contribution in [0.5, 0.6) is 0 Å². The second-order valence-electron chi connectivity index (χ2n) is 9.91. The molecule has 1 heterocycles. The van der Waals surface area contributed by atoms with Crippen LogP contribution in [0.4, 0.5) is 4.39 Å². The first kappa shape index (κ1) is 32.3. The Bertz CT molecular complexity index is 1420. The Morgan fingerprint density at radius 2 is 1.51 bits per heavy atom. The van der Waals surface area contributed by atoms with Crippen molar-refractivity contribution >= 4 is 27.3 Å². The Labute approximate surface area is 245 Å². The zero-order chi connectivity index (χ0) is 27.8. The Kier molecular flexibility index (Phi) is 12.5. The predicted octanol–water partition coefficient (Wildman–Crippen LogP) is 9.48. The summed E-state index contributed by atoms with van der Waals surface area (Å²) < 4.78 is 14.0. The monoisotopic (exact) mass is 705 g/mol. The maximum atomic E-state index is 14.0. The molecule has 1 radical (unpaired) electrons. The topological polar surface area (TPSA) is 50.2 Å². The molecule has 0 unspecified atom stereocenters. The van der Waals surface area contributed by atoms with Gasteiger partial charge in [-0.1, -0.05) is 65.8 Å². The molecule has 0 saturated carbocycles. The number of pyridine rings is 1. The average Bonchev–Trinajstić information content (AvgIpc) is 2.89. The van der Waals surface area contributed by atoms with Crippen molar-refractivity contribution in [2.75, 3.05) is 0 Å². The van der Waals surface area contributed by atoms with Crippen LogP contribution in [0.3, 0.4) is 0 Å². The van der Waals surface area contributed by atoms with Gasteiger partial charge in [0.15, 0.2) is 5.78 Å². The number of aliphatic hydroxyl groups is 1. The van der Waals surface area contributed by atoms with E-state index in [1.54, 1.807) is 12.3 Å². The number of carbonyl (C=O) groups is 1. The first-order valence-electron chi connectivity index (χ1n) is 13.6. The van der Waals surface area contributed by atoms with Crippen LogP contribution in [-0.2, 0) is 24.9 Å². The van der Waals surface area contributed by atoms with Gasteiger partial charge in [0.2, 0.25) is 0 Å². The summed E-state index contributed by atoms with van der Waals surface area (Å²) in [7, 11) is 0. The molecule has 3 nitrogen and oxygen atoms in total. The summed E-state index contributed by atoms with van der Waals surface area (Å²) in [5, 5.41) is 13.3. The van der Waals surface area contributed by atoms with Gasteiger partial charge in [0.05, 0.1) is 5.76 Å². The molecule has 0 saturated heterocycles. The van der Waals surface area contributed by atoms with Gasteiger partial charge >= 0.3 is 0 Å². The number of nitrogens with zero attached hydrogens (tertiary/aromatic N) is 1. The molecule has 0 aliphatic rings. The maximum Gasteiger partial charge on any atom is 0.162 e. The summed E-state index contributed by atoms with van der Waals surface area (Å²) in [5.74, 6) is 0.354. The van der Waals surface area contributed by atoms with Gasteiger partial charge in [-0.05, 0) is 59.7 Å². The quantitative estimate of drug-likeness (QED) is 0.0861. The van der Waals surface area contributed by atoms with E-state index in [-0.39, 0.29) is 49.3 Å². The van der Waals surface area contributed by atoms with E-state index in [1.165, 1.54) is 17.7 Å². The third-order valence-corrected chi connectivity index (χ3v) is 7.24. The molecule has 0 aliphatic heterocycles. The number of carbonyl (C=O) groups excluding carboxylic acids is 1.